The van der Waals surface area contributed by atoms with Gasteiger partial charge in [0.2, 0.25) is 5.91 Å². The van der Waals surface area contributed by atoms with E-state index >= 15 is 0 Å². The summed E-state index contributed by atoms with van der Waals surface area (Å²) in [5, 5.41) is 7.26. The molecule has 3 rings (SSSR count). The largest absolute Gasteiger partial charge is 0.322 e. The van der Waals surface area contributed by atoms with Crippen LogP contribution in [0.25, 0.3) is 5.69 Å². The van der Waals surface area contributed by atoms with Crippen LogP contribution in [0.1, 0.15) is 13.3 Å². The lowest BCUT2D eigenvalue weighted by molar-refractivity contribution is -0.117. The molecule has 2 aromatic heterocycles. The normalized spacial score (nSPS) is 21.2. The molecule has 1 aliphatic rings. The quantitative estimate of drug-likeness (QED) is 0.937. The number of nitrogens with zero attached hydrogens (tertiary/aromatic N) is 3. The predicted molar refractivity (Wildman–Crippen MR) is 72.3 cm³/mol. The molecule has 0 bridgehead atoms. The molecule has 2 unspecified atom stereocenters. The Morgan fingerprint density at radius 1 is 1.58 bits per heavy atom. The highest BCUT2D eigenvalue weighted by Gasteiger charge is 2.39. The number of carbonyl (C=O) groups excluding carboxylic acids is 1. The number of halogens is 1. The van der Waals surface area contributed by atoms with Crippen molar-refractivity contribution in [3.63, 3.8) is 0 Å². The first kappa shape index (κ1) is 12.2. The maximum atomic E-state index is 11.9. The maximum absolute atomic E-state index is 11.9. The third kappa shape index (κ3) is 2.46. The standard InChI is InChI=1S/C13H13ClN4O/c1-8-5-10(8)13(19)16-11-7-18(17-12(11)14)9-3-2-4-15-6-9/h2-4,6-8,10H,5H2,1H3,(H,16,19). The molecule has 1 saturated carbocycles. The van der Waals surface area contributed by atoms with Gasteiger partial charge in [0, 0.05) is 12.1 Å². The van der Waals surface area contributed by atoms with Crippen LogP contribution in [0.3, 0.4) is 0 Å². The SMILES string of the molecule is CC1CC1C(=O)Nc1cn(-c2cccnc2)nc1Cl. The van der Waals surface area contributed by atoms with Gasteiger partial charge in [-0.2, -0.15) is 5.10 Å². The fourth-order valence-electron chi connectivity index (χ4n) is 1.97. The molecule has 19 heavy (non-hydrogen) atoms. The van der Waals surface area contributed by atoms with Crippen LogP contribution in [0.4, 0.5) is 5.69 Å². The number of hydrogen-bond donors (Lipinski definition) is 1. The average Bonchev–Trinajstić information content (AvgIpc) is 3.04. The Bertz CT molecular complexity index is 610. The van der Waals surface area contributed by atoms with Crippen molar-refractivity contribution in [3.05, 3.63) is 35.9 Å². The van der Waals surface area contributed by atoms with E-state index in [-0.39, 0.29) is 17.0 Å². The van der Waals surface area contributed by atoms with Crippen LogP contribution in [-0.4, -0.2) is 20.7 Å². The van der Waals surface area contributed by atoms with Crippen molar-refractivity contribution < 1.29 is 4.79 Å². The number of aromatic nitrogens is 3. The van der Waals surface area contributed by atoms with E-state index < -0.39 is 0 Å². The van der Waals surface area contributed by atoms with Crippen LogP contribution in [0.5, 0.6) is 0 Å². The van der Waals surface area contributed by atoms with E-state index in [2.05, 4.69) is 22.3 Å². The Morgan fingerprint density at radius 2 is 2.37 bits per heavy atom. The van der Waals surface area contributed by atoms with Crippen molar-refractivity contribution in [1.82, 2.24) is 14.8 Å². The summed E-state index contributed by atoms with van der Waals surface area (Å²) in [6, 6.07) is 3.68. The second-order valence-corrected chi connectivity index (χ2v) is 5.16. The highest BCUT2D eigenvalue weighted by atomic mass is 35.5. The molecule has 1 fully saturated rings. The zero-order valence-electron chi connectivity index (χ0n) is 10.4. The molecular weight excluding hydrogens is 264 g/mol. The van der Waals surface area contributed by atoms with Crippen molar-refractivity contribution in [1.29, 1.82) is 0 Å². The first-order valence-corrected chi connectivity index (χ1v) is 6.49. The lowest BCUT2D eigenvalue weighted by Gasteiger charge is -2.01. The van der Waals surface area contributed by atoms with Crippen LogP contribution in [0.2, 0.25) is 5.15 Å². The molecule has 98 valence electrons. The molecule has 6 heteroatoms. The van der Waals surface area contributed by atoms with Crippen molar-refractivity contribution in [3.8, 4) is 5.69 Å². The van der Waals surface area contributed by atoms with Gasteiger partial charge in [0.1, 0.15) is 0 Å². The molecule has 1 N–H and O–H groups in total. The monoisotopic (exact) mass is 276 g/mol. The molecule has 1 amide bonds. The number of amides is 1. The van der Waals surface area contributed by atoms with Gasteiger partial charge in [0.05, 0.1) is 23.8 Å². The van der Waals surface area contributed by atoms with Crippen molar-refractivity contribution in [2.75, 3.05) is 5.32 Å². The van der Waals surface area contributed by atoms with E-state index in [9.17, 15) is 4.79 Å². The highest BCUT2D eigenvalue weighted by Crippen LogP contribution is 2.38. The maximum Gasteiger partial charge on any atom is 0.227 e. The lowest BCUT2D eigenvalue weighted by atomic mass is 10.3. The second-order valence-electron chi connectivity index (χ2n) is 4.80. The first-order valence-electron chi connectivity index (χ1n) is 6.11. The predicted octanol–water partition coefficient (Wildman–Crippen LogP) is 2.52. The molecule has 0 spiro atoms. The summed E-state index contributed by atoms with van der Waals surface area (Å²) in [6.07, 6.45) is 6.01. The Hall–Kier alpha value is -1.88. The van der Waals surface area contributed by atoms with Gasteiger partial charge >= 0.3 is 0 Å². The van der Waals surface area contributed by atoms with E-state index in [1.54, 1.807) is 23.3 Å². The Balaban J connectivity index is 1.80. The molecule has 0 saturated heterocycles. The summed E-state index contributed by atoms with van der Waals surface area (Å²) in [6.45, 7) is 2.06. The van der Waals surface area contributed by atoms with E-state index in [4.69, 9.17) is 11.6 Å². The number of hydrogen-bond acceptors (Lipinski definition) is 3. The van der Waals surface area contributed by atoms with E-state index in [0.717, 1.165) is 12.1 Å². The number of anilines is 1. The molecule has 2 heterocycles. The molecule has 0 aliphatic heterocycles. The minimum absolute atomic E-state index is 0.0140. The Morgan fingerprint density at radius 3 is 3.00 bits per heavy atom. The summed E-state index contributed by atoms with van der Waals surface area (Å²) in [4.78, 5) is 15.9. The van der Waals surface area contributed by atoms with Crippen molar-refractivity contribution >= 4 is 23.2 Å². The van der Waals surface area contributed by atoms with Crippen LogP contribution in [0.15, 0.2) is 30.7 Å². The number of rotatable bonds is 3. The summed E-state index contributed by atoms with van der Waals surface area (Å²) in [5.41, 5.74) is 1.33. The minimum atomic E-state index is 0.0140. The smallest absolute Gasteiger partial charge is 0.227 e. The van der Waals surface area contributed by atoms with Gasteiger partial charge in [-0.3, -0.25) is 9.78 Å². The van der Waals surface area contributed by atoms with Crippen LogP contribution < -0.4 is 5.32 Å². The second kappa shape index (κ2) is 4.66. The number of pyridine rings is 1. The summed E-state index contributed by atoms with van der Waals surface area (Å²) < 4.78 is 1.60. The highest BCUT2D eigenvalue weighted by molar-refractivity contribution is 6.32. The summed E-state index contributed by atoms with van der Waals surface area (Å²) >= 11 is 6.03. The van der Waals surface area contributed by atoms with Gasteiger partial charge in [0.25, 0.3) is 0 Å². The van der Waals surface area contributed by atoms with Crippen molar-refractivity contribution in [2.24, 2.45) is 11.8 Å². The number of nitrogens with one attached hydrogen (secondary N) is 1. The topological polar surface area (TPSA) is 59.8 Å². The van der Waals surface area contributed by atoms with Crippen LogP contribution >= 0.6 is 11.6 Å². The molecular formula is C13H13ClN4O. The van der Waals surface area contributed by atoms with Crippen molar-refractivity contribution in [2.45, 2.75) is 13.3 Å². The summed E-state index contributed by atoms with van der Waals surface area (Å²) in [5.74, 6) is 0.588. The van der Waals surface area contributed by atoms with Gasteiger partial charge in [-0.1, -0.05) is 18.5 Å². The minimum Gasteiger partial charge on any atom is -0.322 e. The summed E-state index contributed by atoms with van der Waals surface area (Å²) in [7, 11) is 0. The Labute approximate surface area is 115 Å². The van der Waals surface area contributed by atoms with E-state index in [0.29, 0.717) is 11.6 Å². The molecule has 2 atom stereocenters. The van der Waals surface area contributed by atoms with E-state index in [1.165, 1.54) is 0 Å². The van der Waals surface area contributed by atoms with Gasteiger partial charge in [-0.05, 0) is 24.5 Å². The molecule has 2 aromatic rings. The van der Waals surface area contributed by atoms with E-state index in [1.807, 2.05) is 12.1 Å². The molecule has 0 aromatic carbocycles. The Kier molecular flexibility index (Phi) is 2.98. The molecule has 1 aliphatic carbocycles. The average molecular weight is 277 g/mol. The molecule has 5 nitrogen and oxygen atoms in total. The fourth-order valence-corrected chi connectivity index (χ4v) is 2.15. The van der Waals surface area contributed by atoms with Gasteiger partial charge in [-0.25, -0.2) is 4.68 Å². The third-order valence-electron chi connectivity index (χ3n) is 3.28. The van der Waals surface area contributed by atoms with Gasteiger partial charge < -0.3 is 5.32 Å². The number of carbonyl (C=O) groups is 1. The van der Waals surface area contributed by atoms with Crippen LogP contribution in [-0.2, 0) is 4.79 Å². The first-order chi connectivity index (χ1) is 9.15. The van der Waals surface area contributed by atoms with Gasteiger partial charge in [0.15, 0.2) is 5.15 Å². The molecule has 0 radical (unpaired) electrons. The fraction of sp³-hybridized carbons (Fsp3) is 0.308. The van der Waals surface area contributed by atoms with Crippen LogP contribution in [0, 0.1) is 11.8 Å². The zero-order chi connectivity index (χ0) is 13.4. The van der Waals surface area contributed by atoms with Gasteiger partial charge in [-0.15, -0.1) is 0 Å². The zero-order valence-corrected chi connectivity index (χ0v) is 11.1. The third-order valence-corrected chi connectivity index (χ3v) is 3.56. The lowest BCUT2D eigenvalue weighted by Crippen LogP contribution is -2.14.